The molecule has 106 valence electrons. The van der Waals surface area contributed by atoms with Gasteiger partial charge in [0, 0.05) is 23.8 Å². The Bertz CT molecular complexity index is 556. The maximum atomic E-state index is 12.1. The lowest BCUT2D eigenvalue weighted by atomic mass is 10.1. The van der Waals surface area contributed by atoms with Crippen molar-refractivity contribution in [1.29, 1.82) is 0 Å². The zero-order chi connectivity index (χ0) is 14.4. The van der Waals surface area contributed by atoms with Crippen LogP contribution in [0, 0.1) is 0 Å². The van der Waals surface area contributed by atoms with Crippen LogP contribution in [0.5, 0.6) is 0 Å². The van der Waals surface area contributed by atoms with Crippen LogP contribution in [0.15, 0.2) is 24.3 Å². The molecule has 1 unspecified atom stereocenters. The van der Waals surface area contributed by atoms with Crippen LogP contribution in [-0.4, -0.2) is 44.3 Å². The van der Waals surface area contributed by atoms with Crippen molar-refractivity contribution in [3.05, 3.63) is 29.8 Å². The van der Waals surface area contributed by atoms with Gasteiger partial charge in [-0.3, -0.25) is 4.79 Å². The predicted molar refractivity (Wildman–Crippen MR) is 72.9 cm³/mol. The van der Waals surface area contributed by atoms with Gasteiger partial charge in [0.2, 0.25) is 5.82 Å². The molecular weight excluding hydrogens is 258 g/mol. The van der Waals surface area contributed by atoms with Gasteiger partial charge in [0.1, 0.15) is 0 Å². The first kappa shape index (κ1) is 14.1. The predicted octanol–water partition coefficient (Wildman–Crippen LogP) is 0.757. The molecular formula is C13H17N5O2. The van der Waals surface area contributed by atoms with Gasteiger partial charge in [0.15, 0.2) is 0 Å². The molecule has 0 aliphatic rings. The maximum absolute atomic E-state index is 12.1. The molecule has 1 amide bonds. The number of benzene rings is 1. The van der Waals surface area contributed by atoms with Crippen molar-refractivity contribution in [2.45, 2.75) is 25.8 Å². The summed E-state index contributed by atoms with van der Waals surface area (Å²) in [4.78, 5) is 12.1. The molecule has 0 saturated carbocycles. The molecule has 2 rings (SSSR count). The van der Waals surface area contributed by atoms with E-state index in [4.69, 9.17) is 5.11 Å². The zero-order valence-corrected chi connectivity index (χ0v) is 11.2. The Kier molecular flexibility index (Phi) is 4.78. The first-order valence-corrected chi connectivity index (χ1v) is 6.46. The van der Waals surface area contributed by atoms with Crippen LogP contribution in [0.4, 0.5) is 0 Å². The summed E-state index contributed by atoms with van der Waals surface area (Å²) in [6, 6.07) is 7.07. The summed E-state index contributed by atoms with van der Waals surface area (Å²) >= 11 is 0. The molecule has 7 heteroatoms. The number of nitrogens with zero attached hydrogens (tertiary/aromatic N) is 3. The highest BCUT2D eigenvalue weighted by atomic mass is 16.3. The number of hydrogen-bond donors (Lipinski definition) is 3. The van der Waals surface area contributed by atoms with Crippen LogP contribution in [0.25, 0.3) is 11.4 Å². The van der Waals surface area contributed by atoms with Crippen molar-refractivity contribution in [1.82, 2.24) is 25.9 Å². The van der Waals surface area contributed by atoms with Crippen molar-refractivity contribution >= 4 is 5.91 Å². The minimum atomic E-state index is -0.152. The van der Waals surface area contributed by atoms with Crippen LogP contribution < -0.4 is 5.32 Å². The fourth-order valence-electron chi connectivity index (χ4n) is 1.86. The average Bonchev–Trinajstić information content (AvgIpc) is 2.99. The summed E-state index contributed by atoms with van der Waals surface area (Å²) in [5, 5.41) is 25.3. The number of hydrogen-bond acceptors (Lipinski definition) is 5. The van der Waals surface area contributed by atoms with Crippen molar-refractivity contribution in [2.24, 2.45) is 0 Å². The number of aromatic amines is 1. The highest BCUT2D eigenvalue weighted by Gasteiger charge is 2.11. The molecule has 0 radical (unpaired) electrons. The van der Waals surface area contributed by atoms with E-state index in [1.807, 2.05) is 13.0 Å². The van der Waals surface area contributed by atoms with E-state index in [1.54, 1.807) is 18.2 Å². The molecule has 1 atom stereocenters. The minimum absolute atomic E-state index is 0.0171. The van der Waals surface area contributed by atoms with Crippen LogP contribution in [0.2, 0.25) is 0 Å². The van der Waals surface area contributed by atoms with Crippen molar-refractivity contribution in [3.63, 3.8) is 0 Å². The normalized spacial score (nSPS) is 12.1. The molecule has 2 aromatic rings. The quantitative estimate of drug-likeness (QED) is 0.722. The van der Waals surface area contributed by atoms with E-state index in [0.717, 1.165) is 12.0 Å². The van der Waals surface area contributed by atoms with E-state index < -0.39 is 0 Å². The Balaban J connectivity index is 2.05. The highest BCUT2D eigenvalue weighted by molar-refractivity contribution is 5.95. The molecule has 7 nitrogen and oxygen atoms in total. The third kappa shape index (κ3) is 3.61. The summed E-state index contributed by atoms with van der Waals surface area (Å²) in [5.41, 5.74) is 1.28. The second-order valence-electron chi connectivity index (χ2n) is 4.56. The van der Waals surface area contributed by atoms with E-state index in [1.165, 1.54) is 0 Å². The van der Waals surface area contributed by atoms with E-state index in [-0.39, 0.29) is 18.6 Å². The number of nitrogens with one attached hydrogen (secondary N) is 2. The van der Waals surface area contributed by atoms with Crippen molar-refractivity contribution in [2.75, 3.05) is 6.61 Å². The van der Waals surface area contributed by atoms with Gasteiger partial charge in [-0.2, -0.15) is 5.21 Å². The number of aliphatic hydroxyl groups excluding tert-OH is 1. The van der Waals surface area contributed by atoms with Crippen LogP contribution in [0.1, 0.15) is 30.1 Å². The Hall–Kier alpha value is -2.28. The first-order valence-electron chi connectivity index (χ1n) is 6.46. The average molecular weight is 275 g/mol. The van der Waals surface area contributed by atoms with E-state index in [0.29, 0.717) is 17.8 Å². The van der Waals surface area contributed by atoms with Gasteiger partial charge < -0.3 is 10.4 Å². The fraction of sp³-hybridized carbons (Fsp3) is 0.385. The van der Waals surface area contributed by atoms with Gasteiger partial charge in [-0.05, 0) is 37.1 Å². The van der Waals surface area contributed by atoms with Gasteiger partial charge in [-0.1, -0.05) is 12.1 Å². The molecule has 1 aromatic heterocycles. The number of amides is 1. The van der Waals surface area contributed by atoms with Crippen molar-refractivity contribution < 1.29 is 9.90 Å². The number of aliphatic hydroxyl groups is 1. The summed E-state index contributed by atoms with van der Waals surface area (Å²) in [7, 11) is 0. The van der Waals surface area contributed by atoms with Crippen LogP contribution in [0.3, 0.4) is 0 Å². The zero-order valence-electron chi connectivity index (χ0n) is 11.2. The lowest BCUT2D eigenvalue weighted by Gasteiger charge is -2.13. The number of carbonyl (C=O) groups is 1. The smallest absolute Gasteiger partial charge is 0.251 e. The highest BCUT2D eigenvalue weighted by Crippen LogP contribution is 2.15. The first-order chi connectivity index (χ1) is 9.70. The van der Waals surface area contributed by atoms with Crippen molar-refractivity contribution in [3.8, 4) is 11.4 Å². The molecule has 0 saturated heterocycles. The SMILES string of the molecule is CC(CCCO)NC(=O)c1cccc(-c2nn[nH]n2)c1. The summed E-state index contributed by atoms with van der Waals surface area (Å²) < 4.78 is 0. The Morgan fingerprint density at radius 2 is 2.35 bits per heavy atom. The largest absolute Gasteiger partial charge is 0.396 e. The standard InChI is InChI=1S/C13H17N5O2/c1-9(4-3-7-19)14-13(20)11-6-2-5-10(8-11)12-15-17-18-16-12/h2,5-6,8-9,19H,3-4,7H2,1H3,(H,14,20)(H,15,16,17,18). The maximum Gasteiger partial charge on any atom is 0.251 e. The summed E-state index contributed by atoms with van der Waals surface area (Å²) in [5.74, 6) is 0.300. The van der Waals surface area contributed by atoms with Gasteiger partial charge in [-0.25, -0.2) is 0 Å². The summed E-state index contributed by atoms with van der Waals surface area (Å²) in [6.07, 6.45) is 1.41. The molecule has 0 aliphatic carbocycles. The van der Waals surface area contributed by atoms with E-state index >= 15 is 0 Å². The molecule has 1 aromatic carbocycles. The molecule has 3 N–H and O–H groups in total. The molecule has 0 spiro atoms. The Labute approximate surface area is 116 Å². The topological polar surface area (TPSA) is 104 Å². The third-order valence-electron chi connectivity index (χ3n) is 2.90. The van der Waals surface area contributed by atoms with Crippen LogP contribution in [-0.2, 0) is 0 Å². The lowest BCUT2D eigenvalue weighted by Crippen LogP contribution is -2.32. The second kappa shape index (κ2) is 6.76. The van der Waals surface area contributed by atoms with Crippen LogP contribution >= 0.6 is 0 Å². The third-order valence-corrected chi connectivity index (χ3v) is 2.90. The fourth-order valence-corrected chi connectivity index (χ4v) is 1.86. The van der Waals surface area contributed by atoms with Gasteiger partial charge in [-0.15, -0.1) is 10.2 Å². The number of rotatable bonds is 6. The van der Waals surface area contributed by atoms with Gasteiger partial charge >= 0.3 is 0 Å². The number of tetrazole rings is 1. The molecule has 0 bridgehead atoms. The number of H-pyrrole nitrogens is 1. The Morgan fingerprint density at radius 3 is 3.05 bits per heavy atom. The Morgan fingerprint density at radius 1 is 1.50 bits per heavy atom. The van der Waals surface area contributed by atoms with Gasteiger partial charge in [0.25, 0.3) is 5.91 Å². The van der Waals surface area contributed by atoms with Gasteiger partial charge in [0.05, 0.1) is 0 Å². The van der Waals surface area contributed by atoms with E-state index in [9.17, 15) is 4.79 Å². The minimum Gasteiger partial charge on any atom is -0.396 e. The molecule has 1 heterocycles. The lowest BCUT2D eigenvalue weighted by molar-refractivity contribution is 0.0936. The monoisotopic (exact) mass is 275 g/mol. The molecule has 0 aliphatic heterocycles. The second-order valence-corrected chi connectivity index (χ2v) is 4.56. The molecule has 20 heavy (non-hydrogen) atoms. The molecule has 0 fully saturated rings. The number of carbonyl (C=O) groups excluding carboxylic acids is 1. The summed E-state index contributed by atoms with van der Waals surface area (Å²) in [6.45, 7) is 2.05. The van der Waals surface area contributed by atoms with E-state index in [2.05, 4.69) is 25.9 Å². The number of aromatic nitrogens is 4.